The van der Waals surface area contributed by atoms with Gasteiger partial charge in [-0.15, -0.1) is 13.2 Å². The molecule has 2 nitrogen and oxygen atoms in total. The van der Waals surface area contributed by atoms with Crippen molar-refractivity contribution in [2.75, 3.05) is 0 Å². The van der Waals surface area contributed by atoms with Crippen LogP contribution in [0.1, 0.15) is 30.9 Å². The molecule has 2 rings (SSSR count). The zero-order valence-electron chi connectivity index (χ0n) is 14.5. The molecule has 0 aromatic heterocycles. The lowest BCUT2D eigenvalue weighted by atomic mass is 10.0. The summed E-state index contributed by atoms with van der Waals surface area (Å²) in [6.45, 7) is 2.04. The number of benzene rings is 2. The van der Waals surface area contributed by atoms with Gasteiger partial charge >= 0.3 is 12.5 Å². The first kappa shape index (κ1) is 20.9. The highest BCUT2D eigenvalue weighted by atomic mass is 19.4. The Kier molecular flexibility index (Phi) is 6.62. The lowest BCUT2D eigenvalue weighted by molar-refractivity contribution is -0.275. The Bertz CT molecular complexity index is 741. The highest BCUT2D eigenvalue weighted by Crippen LogP contribution is 2.31. The molecule has 0 radical (unpaired) electrons. The second-order valence-electron chi connectivity index (χ2n) is 5.95. The van der Waals surface area contributed by atoms with Crippen LogP contribution >= 0.6 is 0 Å². The molecule has 0 saturated carbocycles. The van der Waals surface area contributed by atoms with Gasteiger partial charge in [0.05, 0.1) is 6.42 Å². The SMILES string of the molecule is CCCc1ccc(CCC(F)(F)Oc2ccc(OC(F)(F)F)c(F)c2)cc1. The zero-order valence-corrected chi connectivity index (χ0v) is 14.5. The molecular weight excluding hydrogens is 374 g/mol. The standard InChI is InChI=1S/C19H18F6O2/c1-2-3-13-4-6-14(7-5-13)10-11-18(21,22)26-15-8-9-17(16(20)12-15)27-19(23,24)25/h4-9,12H,2-3,10-11H2,1H3. The van der Waals surface area contributed by atoms with Gasteiger partial charge in [0, 0.05) is 6.07 Å². The van der Waals surface area contributed by atoms with Crippen molar-refractivity contribution in [1.82, 2.24) is 0 Å². The lowest BCUT2D eigenvalue weighted by Crippen LogP contribution is -2.25. The van der Waals surface area contributed by atoms with Gasteiger partial charge in [-0.25, -0.2) is 4.39 Å². The summed E-state index contributed by atoms with van der Waals surface area (Å²) in [6.07, 6.45) is -7.45. The van der Waals surface area contributed by atoms with Crippen molar-refractivity contribution < 1.29 is 35.8 Å². The number of alkyl halides is 5. The number of halogens is 6. The molecule has 0 heterocycles. The summed E-state index contributed by atoms with van der Waals surface area (Å²) in [5.41, 5.74) is 1.80. The second-order valence-corrected chi connectivity index (χ2v) is 5.95. The smallest absolute Gasteiger partial charge is 0.432 e. The van der Waals surface area contributed by atoms with E-state index >= 15 is 0 Å². The van der Waals surface area contributed by atoms with Crippen LogP contribution in [0.4, 0.5) is 26.3 Å². The molecule has 0 spiro atoms. The Morgan fingerprint density at radius 2 is 1.41 bits per heavy atom. The van der Waals surface area contributed by atoms with E-state index in [0.717, 1.165) is 24.5 Å². The summed E-state index contributed by atoms with van der Waals surface area (Å²) in [5, 5.41) is 0. The topological polar surface area (TPSA) is 18.5 Å². The molecule has 0 amide bonds. The van der Waals surface area contributed by atoms with E-state index in [4.69, 9.17) is 0 Å². The molecule has 0 aliphatic carbocycles. The van der Waals surface area contributed by atoms with Crippen LogP contribution in [0.5, 0.6) is 11.5 Å². The molecule has 27 heavy (non-hydrogen) atoms. The van der Waals surface area contributed by atoms with Crippen molar-refractivity contribution in [3.05, 3.63) is 59.4 Å². The van der Waals surface area contributed by atoms with Gasteiger partial charge in [-0.1, -0.05) is 37.6 Å². The maximum absolute atomic E-state index is 13.9. The van der Waals surface area contributed by atoms with E-state index in [1.54, 1.807) is 12.1 Å². The monoisotopic (exact) mass is 392 g/mol. The van der Waals surface area contributed by atoms with Crippen LogP contribution in [0.15, 0.2) is 42.5 Å². The van der Waals surface area contributed by atoms with E-state index in [-0.39, 0.29) is 6.42 Å². The van der Waals surface area contributed by atoms with Crippen molar-refractivity contribution in [3.8, 4) is 11.5 Å². The van der Waals surface area contributed by atoms with E-state index in [0.29, 0.717) is 17.7 Å². The molecule has 0 aliphatic heterocycles. The number of rotatable bonds is 8. The van der Waals surface area contributed by atoms with Gasteiger partial charge in [0.25, 0.3) is 0 Å². The normalized spacial score (nSPS) is 12.1. The van der Waals surface area contributed by atoms with E-state index in [1.807, 2.05) is 19.1 Å². The average Bonchev–Trinajstić information content (AvgIpc) is 2.56. The van der Waals surface area contributed by atoms with Gasteiger partial charge in [-0.3, -0.25) is 0 Å². The Balaban J connectivity index is 1.96. The van der Waals surface area contributed by atoms with Gasteiger partial charge in [0.2, 0.25) is 0 Å². The molecule has 0 aliphatic rings. The minimum atomic E-state index is -5.08. The predicted octanol–water partition coefficient (Wildman–Crippen LogP) is 6.28. The maximum atomic E-state index is 13.9. The Labute approximate surface area is 152 Å². The van der Waals surface area contributed by atoms with Crippen LogP contribution in [0.25, 0.3) is 0 Å². The summed E-state index contributed by atoms with van der Waals surface area (Å²) in [7, 11) is 0. The molecule has 2 aromatic carbocycles. The number of hydrogen-bond acceptors (Lipinski definition) is 2. The zero-order chi connectivity index (χ0) is 20.1. The predicted molar refractivity (Wildman–Crippen MR) is 87.4 cm³/mol. The van der Waals surface area contributed by atoms with Crippen molar-refractivity contribution in [2.45, 2.75) is 45.1 Å². The number of hydrogen-bond donors (Lipinski definition) is 0. The van der Waals surface area contributed by atoms with E-state index in [2.05, 4.69) is 9.47 Å². The summed E-state index contributed by atoms with van der Waals surface area (Å²) in [6, 6.07) is 9.04. The second kappa shape index (κ2) is 8.54. The van der Waals surface area contributed by atoms with Crippen molar-refractivity contribution in [1.29, 1.82) is 0 Å². The summed E-state index contributed by atoms with van der Waals surface area (Å²) < 4.78 is 85.6. The molecule has 0 unspecified atom stereocenters. The Hall–Kier alpha value is -2.38. The third-order valence-corrected chi connectivity index (χ3v) is 3.66. The highest BCUT2D eigenvalue weighted by Gasteiger charge is 2.34. The molecule has 0 N–H and O–H groups in total. The molecule has 0 fully saturated rings. The fourth-order valence-corrected chi connectivity index (χ4v) is 2.43. The van der Waals surface area contributed by atoms with Crippen LogP contribution in [-0.4, -0.2) is 12.5 Å². The fraction of sp³-hybridized carbons (Fsp3) is 0.368. The van der Waals surface area contributed by atoms with E-state index in [9.17, 15) is 26.3 Å². The van der Waals surface area contributed by atoms with Gasteiger partial charge in [-0.05, 0) is 36.1 Å². The largest absolute Gasteiger partial charge is 0.573 e. The van der Waals surface area contributed by atoms with Crippen LogP contribution < -0.4 is 9.47 Å². The Morgan fingerprint density at radius 3 is 1.93 bits per heavy atom. The minimum absolute atomic E-state index is 0.0250. The minimum Gasteiger partial charge on any atom is -0.432 e. The van der Waals surface area contributed by atoms with Crippen LogP contribution in [0.2, 0.25) is 0 Å². The summed E-state index contributed by atoms with van der Waals surface area (Å²) >= 11 is 0. The summed E-state index contributed by atoms with van der Waals surface area (Å²) in [4.78, 5) is 0. The van der Waals surface area contributed by atoms with Crippen molar-refractivity contribution >= 4 is 0 Å². The Morgan fingerprint density at radius 1 is 0.815 bits per heavy atom. The molecule has 2 aromatic rings. The van der Waals surface area contributed by atoms with Gasteiger partial charge in [0.15, 0.2) is 11.6 Å². The number of ether oxygens (including phenoxy) is 2. The molecule has 0 saturated heterocycles. The first-order valence-corrected chi connectivity index (χ1v) is 8.28. The number of aryl methyl sites for hydroxylation is 2. The molecule has 8 heteroatoms. The van der Waals surface area contributed by atoms with Crippen molar-refractivity contribution in [3.63, 3.8) is 0 Å². The maximum Gasteiger partial charge on any atom is 0.573 e. The van der Waals surface area contributed by atoms with Crippen LogP contribution in [0, 0.1) is 5.82 Å². The van der Waals surface area contributed by atoms with E-state index < -0.39 is 36.2 Å². The van der Waals surface area contributed by atoms with Crippen molar-refractivity contribution in [2.24, 2.45) is 0 Å². The van der Waals surface area contributed by atoms with Gasteiger partial charge in [-0.2, -0.15) is 8.78 Å². The quantitative estimate of drug-likeness (QED) is 0.492. The highest BCUT2D eigenvalue weighted by molar-refractivity contribution is 5.33. The third-order valence-electron chi connectivity index (χ3n) is 3.66. The summed E-state index contributed by atoms with van der Waals surface area (Å²) in [5.74, 6) is -3.16. The third kappa shape index (κ3) is 7.03. The first-order chi connectivity index (χ1) is 12.6. The van der Waals surface area contributed by atoms with Crippen LogP contribution in [0.3, 0.4) is 0 Å². The lowest BCUT2D eigenvalue weighted by Gasteiger charge is -2.19. The van der Waals surface area contributed by atoms with Crippen LogP contribution in [-0.2, 0) is 12.8 Å². The molecular formula is C19H18F6O2. The molecule has 148 valence electrons. The van der Waals surface area contributed by atoms with E-state index in [1.165, 1.54) is 0 Å². The molecule has 0 atom stereocenters. The van der Waals surface area contributed by atoms with Gasteiger partial charge < -0.3 is 9.47 Å². The molecule has 0 bridgehead atoms. The average molecular weight is 392 g/mol. The first-order valence-electron chi connectivity index (χ1n) is 8.28. The van der Waals surface area contributed by atoms with Gasteiger partial charge in [0.1, 0.15) is 5.75 Å². The fourth-order valence-electron chi connectivity index (χ4n) is 2.43.